The molecule has 0 saturated carbocycles. The number of aliphatic hydroxyl groups is 1. The van der Waals surface area contributed by atoms with E-state index < -0.39 is 23.6 Å². The number of alkyl halides is 3. The van der Waals surface area contributed by atoms with Crippen LogP contribution in [0.3, 0.4) is 0 Å². The molecule has 1 aromatic heterocycles. The summed E-state index contributed by atoms with van der Waals surface area (Å²) in [5, 5.41) is 14.0. The van der Waals surface area contributed by atoms with Crippen molar-refractivity contribution in [1.29, 1.82) is 0 Å². The zero-order valence-electron chi connectivity index (χ0n) is 19.0. The van der Waals surface area contributed by atoms with Crippen LogP contribution in [0.4, 0.5) is 29.1 Å². The zero-order valence-corrected chi connectivity index (χ0v) is 19.0. The van der Waals surface area contributed by atoms with Crippen LogP contribution in [0.25, 0.3) is 10.9 Å². The van der Waals surface area contributed by atoms with Gasteiger partial charge >= 0.3 is 6.18 Å². The van der Waals surface area contributed by atoms with Crippen molar-refractivity contribution in [1.82, 2.24) is 9.97 Å². The number of rotatable bonds is 4. The van der Waals surface area contributed by atoms with Crippen LogP contribution in [0, 0.1) is 12.7 Å². The summed E-state index contributed by atoms with van der Waals surface area (Å²) in [5.41, 5.74) is 2.90. The lowest BCUT2D eigenvalue weighted by Crippen LogP contribution is -2.22. The quantitative estimate of drug-likeness (QED) is 0.501. The number of halogens is 4. The highest BCUT2D eigenvalue weighted by Gasteiger charge is 2.35. The van der Waals surface area contributed by atoms with Crippen LogP contribution in [-0.2, 0) is 19.0 Å². The number of aromatic nitrogens is 2. The van der Waals surface area contributed by atoms with Gasteiger partial charge in [-0.2, -0.15) is 13.2 Å². The molecule has 2 heterocycles. The molecule has 0 spiro atoms. The van der Waals surface area contributed by atoms with Crippen LogP contribution in [0.5, 0.6) is 0 Å². The molecule has 2 N–H and O–H groups in total. The fraction of sp³-hybridized carbons (Fsp3) is 0.440. The summed E-state index contributed by atoms with van der Waals surface area (Å²) in [6, 6.07) is 4.56. The molecule has 1 aliphatic heterocycles. The van der Waals surface area contributed by atoms with Crippen LogP contribution in [-0.4, -0.2) is 34.3 Å². The molecule has 1 saturated heterocycles. The number of nitrogens with one attached hydrogen (secondary N) is 1. The second kappa shape index (κ2) is 8.37. The molecule has 1 fully saturated rings. The molecule has 180 valence electrons. The van der Waals surface area contributed by atoms with Gasteiger partial charge in [-0.05, 0) is 62.8 Å². The minimum Gasteiger partial charge on any atom is -0.391 e. The minimum absolute atomic E-state index is 0.0803. The number of fused-ring (bicyclic) bond motifs is 3. The molecule has 9 heteroatoms. The molecule has 34 heavy (non-hydrogen) atoms. The molecule has 0 amide bonds. The molecule has 5 nitrogen and oxygen atoms in total. The summed E-state index contributed by atoms with van der Waals surface area (Å²) in [6.45, 7) is 4.69. The Morgan fingerprint density at radius 3 is 2.65 bits per heavy atom. The number of aryl methyl sites for hydroxylation is 2. The molecule has 1 aliphatic carbocycles. The molecule has 2 aromatic carbocycles. The van der Waals surface area contributed by atoms with E-state index in [-0.39, 0.29) is 11.7 Å². The number of β-amino-alcohol motifs (C(OH)–C–C–N with tert-alkyl or cyclic N) is 1. The van der Waals surface area contributed by atoms with Crippen molar-refractivity contribution in [3.8, 4) is 0 Å². The Morgan fingerprint density at radius 2 is 1.94 bits per heavy atom. The molecule has 3 aromatic rings. The summed E-state index contributed by atoms with van der Waals surface area (Å²) in [5.74, 6) is -0.287. The van der Waals surface area contributed by atoms with E-state index in [9.17, 15) is 22.7 Å². The van der Waals surface area contributed by atoms with Gasteiger partial charge in [-0.1, -0.05) is 12.1 Å². The Morgan fingerprint density at radius 1 is 1.18 bits per heavy atom. The highest BCUT2D eigenvalue weighted by Crippen LogP contribution is 2.41. The highest BCUT2D eigenvalue weighted by molar-refractivity contribution is 5.96. The Hall–Kier alpha value is -2.94. The monoisotopic (exact) mass is 474 g/mol. The van der Waals surface area contributed by atoms with Crippen LogP contribution in [0.15, 0.2) is 24.3 Å². The molecule has 5 rings (SSSR count). The smallest absolute Gasteiger partial charge is 0.391 e. The predicted molar refractivity (Wildman–Crippen MR) is 123 cm³/mol. The van der Waals surface area contributed by atoms with Gasteiger partial charge in [0.2, 0.25) is 0 Å². The third-order valence-electron chi connectivity index (χ3n) is 6.81. The third kappa shape index (κ3) is 3.96. The second-order valence-electron chi connectivity index (χ2n) is 9.18. The maximum absolute atomic E-state index is 14.8. The van der Waals surface area contributed by atoms with Crippen LogP contribution in [0.1, 0.15) is 53.9 Å². The molecular weight excluding hydrogens is 448 g/mol. The van der Waals surface area contributed by atoms with Crippen molar-refractivity contribution in [3.63, 3.8) is 0 Å². The van der Waals surface area contributed by atoms with Gasteiger partial charge in [0, 0.05) is 29.7 Å². The van der Waals surface area contributed by atoms with E-state index >= 15 is 0 Å². The SMILES string of the molecule is Cc1nc(NC(C)c2cccc(C(F)(F)F)c2F)c2cc(N3CC[C@H](O)C3)c3c(c2n1)CCC3. The fourth-order valence-electron chi connectivity index (χ4n) is 5.20. The van der Waals surface area contributed by atoms with Gasteiger partial charge in [0.1, 0.15) is 17.5 Å². The van der Waals surface area contributed by atoms with E-state index in [0.29, 0.717) is 24.6 Å². The van der Waals surface area contributed by atoms with Crippen molar-refractivity contribution in [2.75, 3.05) is 23.3 Å². The zero-order chi connectivity index (χ0) is 24.2. The number of hydrogen-bond acceptors (Lipinski definition) is 5. The number of aliphatic hydroxyl groups excluding tert-OH is 1. The number of hydrogen-bond donors (Lipinski definition) is 2. The Labute approximate surface area is 194 Å². The van der Waals surface area contributed by atoms with Crippen molar-refractivity contribution in [3.05, 3.63) is 58.2 Å². The van der Waals surface area contributed by atoms with E-state index in [0.717, 1.165) is 54.0 Å². The average Bonchev–Trinajstić information content (AvgIpc) is 3.42. The normalized spacial score (nSPS) is 19.0. The van der Waals surface area contributed by atoms with Crippen LogP contribution in [0.2, 0.25) is 0 Å². The van der Waals surface area contributed by atoms with Gasteiger partial charge in [-0.25, -0.2) is 14.4 Å². The summed E-state index contributed by atoms with van der Waals surface area (Å²) < 4.78 is 54.4. The summed E-state index contributed by atoms with van der Waals surface area (Å²) in [6.07, 6.45) is -1.62. The maximum Gasteiger partial charge on any atom is 0.419 e. The summed E-state index contributed by atoms with van der Waals surface area (Å²) in [7, 11) is 0. The standard InChI is InChI=1S/C25H26F4N4O/c1-13(16-5-4-8-20(22(16)26)25(27,28)29)30-24-19-11-21(33-10-9-15(34)12-33)17-6-3-7-18(17)23(19)31-14(2)32-24/h4-5,8,11,13,15,34H,3,6-7,9-10,12H2,1-2H3,(H,30,31,32)/t13?,15-/m0/s1. The first-order valence-corrected chi connectivity index (χ1v) is 11.5. The van der Waals surface area contributed by atoms with Gasteiger partial charge in [0.05, 0.1) is 23.2 Å². The first-order chi connectivity index (χ1) is 16.1. The third-order valence-corrected chi connectivity index (χ3v) is 6.81. The molecular formula is C25H26F4N4O. The Kier molecular flexibility index (Phi) is 5.62. The number of benzene rings is 2. The first-order valence-electron chi connectivity index (χ1n) is 11.5. The van der Waals surface area contributed by atoms with Crippen molar-refractivity contribution in [2.45, 2.75) is 57.9 Å². The van der Waals surface area contributed by atoms with E-state index in [2.05, 4.69) is 15.2 Å². The molecule has 2 aliphatic rings. The first kappa shape index (κ1) is 22.8. The Bertz CT molecular complexity index is 1260. The van der Waals surface area contributed by atoms with Gasteiger partial charge in [0.15, 0.2) is 0 Å². The topological polar surface area (TPSA) is 61.3 Å². The lowest BCUT2D eigenvalue weighted by molar-refractivity contribution is -0.140. The summed E-state index contributed by atoms with van der Waals surface area (Å²) >= 11 is 0. The van der Waals surface area contributed by atoms with E-state index in [1.54, 1.807) is 13.8 Å². The Balaban J connectivity index is 1.59. The largest absolute Gasteiger partial charge is 0.419 e. The van der Waals surface area contributed by atoms with Gasteiger partial charge in [0.25, 0.3) is 0 Å². The molecule has 1 unspecified atom stereocenters. The van der Waals surface area contributed by atoms with Crippen molar-refractivity contribution in [2.24, 2.45) is 0 Å². The van der Waals surface area contributed by atoms with Crippen molar-refractivity contribution >= 4 is 22.4 Å². The fourth-order valence-corrected chi connectivity index (χ4v) is 5.20. The molecule has 2 atom stereocenters. The van der Waals surface area contributed by atoms with Gasteiger partial charge in [-0.15, -0.1) is 0 Å². The minimum atomic E-state index is -4.77. The van der Waals surface area contributed by atoms with Gasteiger partial charge < -0.3 is 15.3 Å². The highest BCUT2D eigenvalue weighted by atomic mass is 19.4. The second-order valence-corrected chi connectivity index (χ2v) is 9.18. The van der Waals surface area contributed by atoms with E-state index in [1.165, 1.54) is 17.7 Å². The number of anilines is 2. The lowest BCUT2D eigenvalue weighted by Gasteiger charge is -2.24. The van der Waals surface area contributed by atoms with Crippen molar-refractivity contribution < 1.29 is 22.7 Å². The van der Waals surface area contributed by atoms with E-state index in [4.69, 9.17) is 4.98 Å². The van der Waals surface area contributed by atoms with E-state index in [1.807, 2.05) is 6.07 Å². The maximum atomic E-state index is 14.8. The predicted octanol–water partition coefficient (Wildman–Crippen LogP) is 5.33. The summed E-state index contributed by atoms with van der Waals surface area (Å²) in [4.78, 5) is 11.4. The molecule has 0 radical (unpaired) electrons. The number of nitrogens with zero attached hydrogens (tertiary/aromatic N) is 3. The molecule has 0 bridgehead atoms. The average molecular weight is 475 g/mol. The van der Waals surface area contributed by atoms with Gasteiger partial charge in [-0.3, -0.25) is 0 Å². The van der Waals surface area contributed by atoms with Crippen LogP contribution >= 0.6 is 0 Å². The van der Waals surface area contributed by atoms with Crippen LogP contribution < -0.4 is 10.2 Å². The lowest BCUT2D eigenvalue weighted by atomic mass is 10.0.